The Balaban J connectivity index is 1.83. The van der Waals surface area contributed by atoms with Crippen molar-refractivity contribution in [2.75, 3.05) is 11.9 Å². The maximum atomic E-state index is 10.6. The number of nitrogens with zero attached hydrogens (tertiary/aromatic N) is 2. The van der Waals surface area contributed by atoms with Gasteiger partial charge in [-0.1, -0.05) is 12.1 Å². The molecule has 0 amide bonds. The van der Waals surface area contributed by atoms with Crippen molar-refractivity contribution in [2.45, 2.75) is 25.3 Å². The third-order valence-corrected chi connectivity index (χ3v) is 3.09. The predicted molar refractivity (Wildman–Crippen MR) is 77.5 cm³/mol. The van der Waals surface area contributed by atoms with Crippen molar-refractivity contribution in [3.05, 3.63) is 30.6 Å². The van der Waals surface area contributed by atoms with Gasteiger partial charge in [-0.25, -0.2) is 9.97 Å². The fourth-order valence-electron chi connectivity index (χ4n) is 1.97. The van der Waals surface area contributed by atoms with Gasteiger partial charge in [0.2, 0.25) is 0 Å². The number of carboxylic acids is 1. The summed E-state index contributed by atoms with van der Waals surface area (Å²) in [6.45, 7) is 0.730. The monoisotopic (exact) mass is 274 g/mol. The third kappa shape index (κ3) is 3.64. The molecular weight excluding hydrogens is 256 g/mol. The normalized spacial score (nSPS) is 12.2. The van der Waals surface area contributed by atoms with Gasteiger partial charge >= 0.3 is 5.97 Å². The number of carboxylic acid groups (broad SMARTS) is 1. The molecule has 4 N–H and O–H groups in total. The minimum atomic E-state index is -0.945. The molecule has 0 unspecified atom stereocenters. The Morgan fingerprint density at radius 1 is 1.30 bits per heavy atom. The average molecular weight is 274 g/mol. The van der Waals surface area contributed by atoms with Crippen molar-refractivity contribution in [1.82, 2.24) is 9.97 Å². The lowest BCUT2D eigenvalue weighted by atomic mass is 10.1. The fourth-order valence-corrected chi connectivity index (χ4v) is 1.97. The van der Waals surface area contributed by atoms with Crippen LogP contribution in [0.15, 0.2) is 30.6 Å². The van der Waals surface area contributed by atoms with Crippen molar-refractivity contribution in [1.29, 1.82) is 0 Å². The second-order valence-electron chi connectivity index (χ2n) is 4.61. The average Bonchev–Trinajstić information content (AvgIpc) is 2.46. The summed E-state index contributed by atoms with van der Waals surface area (Å²) in [6, 6.07) is 7.02. The second kappa shape index (κ2) is 6.81. The molecule has 0 aliphatic heterocycles. The van der Waals surface area contributed by atoms with Crippen LogP contribution in [0, 0.1) is 0 Å². The van der Waals surface area contributed by atoms with Gasteiger partial charge in [0.25, 0.3) is 0 Å². The van der Waals surface area contributed by atoms with E-state index < -0.39 is 12.0 Å². The number of fused-ring (bicyclic) bond motifs is 1. The maximum absolute atomic E-state index is 10.6. The number of rotatable bonds is 7. The topological polar surface area (TPSA) is 101 Å². The van der Waals surface area contributed by atoms with Crippen LogP contribution in [0.3, 0.4) is 0 Å². The number of benzene rings is 1. The molecule has 0 bridgehead atoms. The van der Waals surface area contributed by atoms with E-state index in [4.69, 9.17) is 10.8 Å². The Labute approximate surface area is 117 Å². The zero-order chi connectivity index (χ0) is 14.4. The Bertz CT molecular complexity index is 583. The van der Waals surface area contributed by atoms with Gasteiger partial charge < -0.3 is 16.2 Å². The van der Waals surface area contributed by atoms with E-state index in [2.05, 4.69) is 15.3 Å². The van der Waals surface area contributed by atoms with Gasteiger partial charge in [0.05, 0.1) is 5.52 Å². The predicted octanol–water partition coefficient (Wildman–Crippen LogP) is 1.62. The second-order valence-corrected chi connectivity index (χ2v) is 4.61. The molecule has 1 aromatic carbocycles. The number of anilines is 1. The molecule has 20 heavy (non-hydrogen) atoms. The van der Waals surface area contributed by atoms with Gasteiger partial charge in [-0.3, -0.25) is 4.79 Å². The highest BCUT2D eigenvalue weighted by Gasteiger charge is 2.10. The smallest absolute Gasteiger partial charge is 0.320 e. The molecule has 0 aliphatic carbocycles. The number of carbonyl (C=O) groups is 1. The maximum Gasteiger partial charge on any atom is 0.320 e. The SMILES string of the molecule is N[C@@H](CCCCNc1ncnc2ccccc12)C(=O)O. The number of hydrogen-bond donors (Lipinski definition) is 3. The first-order chi connectivity index (χ1) is 9.68. The van der Waals surface area contributed by atoms with Crippen LogP contribution < -0.4 is 11.1 Å². The molecule has 0 saturated heterocycles. The molecule has 0 radical (unpaired) electrons. The molecule has 6 nitrogen and oxygen atoms in total. The fraction of sp³-hybridized carbons (Fsp3) is 0.357. The van der Waals surface area contributed by atoms with Crippen molar-refractivity contribution in [2.24, 2.45) is 5.73 Å². The largest absolute Gasteiger partial charge is 0.480 e. The molecule has 1 atom stereocenters. The van der Waals surface area contributed by atoms with Crippen LogP contribution in [0.25, 0.3) is 10.9 Å². The third-order valence-electron chi connectivity index (χ3n) is 3.09. The number of hydrogen-bond acceptors (Lipinski definition) is 5. The standard InChI is InChI=1S/C14H18N4O2/c15-11(14(19)20)6-3-4-8-16-13-10-5-1-2-7-12(10)17-9-18-13/h1-2,5,7,9,11H,3-4,6,8,15H2,(H,19,20)(H,16,17,18)/t11-/m0/s1. The van der Waals surface area contributed by atoms with E-state index in [9.17, 15) is 4.79 Å². The number of nitrogens with one attached hydrogen (secondary N) is 1. The highest BCUT2D eigenvalue weighted by molar-refractivity contribution is 5.88. The summed E-state index contributed by atoms with van der Waals surface area (Å²) < 4.78 is 0. The van der Waals surface area contributed by atoms with Gasteiger partial charge in [0.15, 0.2) is 0 Å². The summed E-state index contributed by atoms with van der Waals surface area (Å²) in [5, 5.41) is 12.9. The summed E-state index contributed by atoms with van der Waals surface area (Å²) in [6.07, 6.45) is 3.63. The van der Waals surface area contributed by atoms with Crippen LogP contribution in [-0.4, -0.2) is 33.6 Å². The summed E-state index contributed by atoms with van der Waals surface area (Å²) in [4.78, 5) is 19.0. The van der Waals surface area contributed by atoms with Gasteiger partial charge in [-0.15, -0.1) is 0 Å². The quantitative estimate of drug-likeness (QED) is 0.663. The Kier molecular flexibility index (Phi) is 4.84. The molecule has 0 spiro atoms. The van der Waals surface area contributed by atoms with E-state index in [1.807, 2.05) is 24.3 Å². The van der Waals surface area contributed by atoms with Crippen LogP contribution in [0.2, 0.25) is 0 Å². The molecule has 0 saturated carbocycles. The first-order valence-corrected chi connectivity index (χ1v) is 6.60. The molecule has 1 heterocycles. The van der Waals surface area contributed by atoms with Gasteiger partial charge in [0.1, 0.15) is 18.2 Å². The minimum absolute atomic E-state index is 0.488. The van der Waals surface area contributed by atoms with Crippen LogP contribution in [-0.2, 0) is 4.79 Å². The Morgan fingerprint density at radius 3 is 2.90 bits per heavy atom. The zero-order valence-electron chi connectivity index (χ0n) is 11.1. The van der Waals surface area contributed by atoms with Gasteiger partial charge in [0, 0.05) is 11.9 Å². The van der Waals surface area contributed by atoms with E-state index in [0.29, 0.717) is 6.42 Å². The highest BCUT2D eigenvalue weighted by Crippen LogP contribution is 2.18. The lowest BCUT2D eigenvalue weighted by Gasteiger charge is -2.09. The molecule has 106 valence electrons. The van der Waals surface area contributed by atoms with E-state index >= 15 is 0 Å². The van der Waals surface area contributed by atoms with Crippen LogP contribution in [0.4, 0.5) is 5.82 Å². The first-order valence-electron chi connectivity index (χ1n) is 6.60. The minimum Gasteiger partial charge on any atom is -0.480 e. The van der Waals surface area contributed by atoms with Crippen LogP contribution in [0.5, 0.6) is 0 Å². The molecule has 1 aromatic heterocycles. The molecule has 2 aromatic rings. The van der Waals surface area contributed by atoms with Crippen molar-refractivity contribution in [3.63, 3.8) is 0 Å². The van der Waals surface area contributed by atoms with Gasteiger partial charge in [-0.05, 0) is 31.4 Å². The van der Waals surface area contributed by atoms with Gasteiger partial charge in [-0.2, -0.15) is 0 Å². The molecular formula is C14H18N4O2. The zero-order valence-corrected chi connectivity index (χ0v) is 11.1. The number of aromatic nitrogens is 2. The lowest BCUT2D eigenvalue weighted by molar-refractivity contribution is -0.138. The lowest BCUT2D eigenvalue weighted by Crippen LogP contribution is -2.29. The van der Waals surface area contributed by atoms with Crippen molar-refractivity contribution < 1.29 is 9.90 Å². The van der Waals surface area contributed by atoms with Crippen molar-refractivity contribution in [3.8, 4) is 0 Å². The number of nitrogens with two attached hydrogens (primary N) is 1. The number of unbranched alkanes of at least 4 members (excludes halogenated alkanes) is 1. The van der Waals surface area contributed by atoms with Crippen molar-refractivity contribution >= 4 is 22.7 Å². The van der Waals surface area contributed by atoms with E-state index in [1.165, 1.54) is 6.33 Å². The van der Waals surface area contributed by atoms with E-state index in [-0.39, 0.29) is 0 Å². The summed E-state index contributed by atoms with van der Waals surface area (Å²) in [5.41, 5.74) is 6.34. The first kappa shape index (κ1) is 14.2. The van der Waals surface area contributed by atoms with Crippen LogP contribution >= 0.6 is 0 Å². The highest BCUT2D eigenvalue weighted by atomic mass is 16.4. The number of para-hydroxylation sites is 1. The summed E-state index contributed by atoms with van der Waals surface area (Å²) in [5.74, 6) is -0.141. The Morgan fingerprint density at radius 2 is 2.10 bits per heavy atom. The molecule has 0 aliphatic rings. The van der Waals surface area contributed by atoms with Crippen LogP contribution in [0.1, 0.15) is 19.3 Å². The molecule has 2 rings (SSSR count). The van der Waals surface area contributed by atoms with E-state index in [0.717, 1.165) is 36.1 Å². The Hall–Kier alpha value is -2.21. The summed E-state index contributed by atoms with van der Waals surface area (Å²) >= 11 is 0. The number of aliphatic carboxylic acids is 1. The van der Waals surface area contributed by atoms with E-state index in [1.54, 1.807) is 0 Å². The molecule has 6 heteroatoms. The molecule has 0 fully saturated rings. The summed E-state index contributed by atoms with van der Waals surface area (Å²) in [7, 11) is 0.